The van der Waals surface area contributed by atoms with Gasteiger partial charge >= 0.3 is 17.6 Å². The molecule has 1 fully saturated rings. The number of esters is 2. The fraction of sp³-hybridized carbons (Fsp3) is 0.308. The van der Waals surface area contributed by atoms with Crippen LogP contribution in [0.15, 0.2) is 64.3 Å². The summed E-state index contributed by atoms with van der Waals surface area (Å²) in [7, 11) is 0. The summed E-state index contributed by atoms with van der Waals surface area (Å²) >= 11 is 3.50. The molecular formula is C26H25BrN2O7. The van der Waals surface area contributed by atoms with Crippen LogP contribution < -0.4 is 11.2 Å². The van der Waals surface area contributed by atoms with Crippen molar-refractivity contribution in [3.05, 3.63) is 103 Å². The van der Waals surface area contributed by atoms with Gasteiger partial charge in [0.05, 0.1) is 16.0 Å². The molecule has 1 N–H and O–H groups in total. The molecule has 2 aromatic carbocycles. The lowest BCUT2D eigenvalue weighted by Crippen LogP contribution is -2.38. The Balaban J connectivity index is 1.58. The number of rotatable bonds is 6. The molecule has 0 bridgehead atoms. The minimum atomic E-state index is -0.938. The molecule has 1 saturated heterocycles. The largest absolute Gasteiger partial charge is 0.459 e. The van der Waals surface area contributed by atoms with Crippen molar-refractivity contribution >= 4 is 27.9 Å². The topological polar surface area (TPSA) is 117 Å². The van der Waals surface area contributed by atoms with Crippen molar-refractivity contribution in [2.75, 3.05) is 6.61 Å². The van der Waals surface area contributed by atoms with Gasteiger partial charge in [-0.2, -0.15) is 0 Å². The number of benzene rings is 2. The zero-order valence-electron chi connectivity index (χ0n) is 19.9. The smallest absolute Gasteiger partial charge is 0.338 e. The van der Waals surface area contributed by atoms with Crippen molar-refractivity contribution in [3.8, 4) is 0 Å². The van der Waals surface area contributed by atoms with E-state index in [9.17, 15) is 19.2 Å². The molecule has 4 atom stereocenters. The molecule has 9 nitrogen and oxygen atoms in total. The van der Waals surface area contributed by atoms with E-state index in [0.29, 0.717) is 16.7 Å². The number of alkyl halides is 1. The van der Waals surface area contributed by atoms with Crippen LogP contribution in [0.1, 0.15) is 43.6 Å². The van der Waals surface area contributed by atoms with Crippen LogP contribution in [-0.2, 0) is 14.2 Å². The summed E-state index contributed by atoms with van der Waals surface area (Å²) in [5, 5.41) is 0. The van der Waals surface area contributed by atoms with E-state index in [2.05, 4.69) is 20.9 Å². The standard InChI is InChI=1S/C26H25BrN2O7/c1-14-4-8-17(9-5-14)24(31)34-13-19-21(36-25(32)18-10-6-15(2)7-11-18)20(27)23(35-19)29-12-16(3)22(30)28-26(29)33/h4-12,19-21,23H,13H2,1-3H3,(H,28,30,33)/t19-,20-,21+,23-/m1/s1. The van der Waals surface area contributed by atoms with Crippen LogP contribution in [0.2, 0.25) is 0 Å². The Hall–Kier alpha value is -3.50. The maximum Gasteiger partial charge on any atom is 0.338 e. The van der Waals surface area contributed by atoms with E-state index in [1.165, 1.54) is 10.8 Å². The van der Waals surface area contributed by atoms with Crippen LogP contribution in [0.25, 0.3) is 0 Å². The van der Waals surface area contributed by atoms with Gasteiger partial charge in [0.25, 0.3) is 5.56 Å². The molecule has 1 aliphatic heterocycles. The van der Waals surface area contributed by atoms with Gasteiger partial charge < -0.3 is 14.2 Å². The summed E-state index contributed by atoms with van der Waals surface area (Å²) in [6.45, 7) is 5.14. The molecule has 3 aromatic rings. The van der Waals surface area contributed by atoms with Crippen molar-refractivity contribution in [3.63, 3.8) is 0 Å². The maximum absolute atomic E-state index is 12.9. The van der Waals surface area contributed by atoms with E-state index < -0.39 is 46.5 Å². The molecule has 36 heavy (non-hydrogen) atoms. The lowest BCUT2D eigenvalue weighted by molar-refractivity contribution is -0.0582. The number of carbonyl (C=O) groups is 2. The van der Waals surface area contributed by atoms with Crippen LogP contribution >= 0.6 is 15.9 Å². The number of hydrogen-bond donors (Lipinski definition) is 1. The molecule has 0 saturated carbocycles. The normalized spacial score (nSPS) is 21.2. The number of H-pyrrole nitrogens is 1. The van der Waals surface area contributed by atoms with Crippen LogP contribution in [0.3, 0.4) is 0 Å². The zero-order chi connectivity index (χ0) is 26.0. The third-order valence-electron chi connectivity index (χ3n) is 5.88. The van der Waals surface area contributed by atoms with Gasteiger partial charge in [-0.3, -0.25) is 14.3 Å². The molecular weight excluding hydrogens is 532 g/mol. The Labute approximate surface area is 215 Å². The fourth-order valence-corrected chi connectivity index (χ4v) is 4.61. The van der Waals surface area contributed by atoms with E-state index >= 15 is 0 Å². The Bertz CT molecular complexity index is 1380. The molecule has 0 spiro atoms. The Morgan fingerprint density at radius 1 is 0.944 bits per heavy atom. The SMILES string of the molecule is Cc1ccc(C(=O)OC[C@H]2O[C@@H](n3cc(C)c(=O)[nH]c3=O)[C@H](Br)[C@H]2OC(=O)c2ccc(C)cc2)cc1. The molecule has 10 heteroatoms. The summed E-state index contributed by atoms with van der Waals surface area (Å²) in [6.07, 6.45) is -1.36. The first-order valence-corrected chi connectivity index (χ1v) is 12.2. The van der Waals surface area contributed by atoms with Crippen LogP contribution in [0.4, 0.5) is 0 Å². The second-order valence-corrected chi connectivity index (χ2v) is 9.75. The Morgan fingerprint density at radius 3 is 2.08 bits per heavy atom. The molecule has 0 radical (unpaired) electrons. The third-order valence-corrected chi connectivity index (χ3v) is 6.86. The second kappa shape index (κ2) is 10.6. The van der Waals surface area contributed by atoms with E-state index in [0.717, 1.165) is 11.1 Å². The van der Waals surface area contributed by atoms with E-state index in [4.69, 9.17) is 14.2 Å². The van der Waals surface area contributed by atoms with Crippen LogP contribution in [0, 0.1) is 20.8 Å². The zero-order valence-corrected chi connectivity index (χ0v) is 21.5. The molecule has 188 valence electrons. The van der Waals surface area contributed by atoms with Gasteiger partial charge in [-0.25, -0.2) is 14.4 Å². The predicted octanol–water partition coefficient (Wildman–Crippen LogP) is 3.21. The quantitative estimate of drug-likeness (QED) is 0.366. The lowest BCUT2D eigenvalue weighted by Gasteiger charge is -2.21. The van der Waals surface area contributed by atoms with Gasteiger partial charge in [0, 0.05) is 11.8 Å². The number of nitrogens with zero attached hydrogens (tertiary/aromatic N) is 1. The summed E-state index contributed by atoms with van der Waals surface area (Å²) in [5.74, 6) is -1.15. The van der Waals surface area contributed by atoms with Gasteiger partial charge in [0.1, 0.15) is 18.8 Å². The molecule has 0 amide bonds. The van der Waals surface area contributed by atoms with Gasteiger partial charge in [0.15, 0.2) is 6.23 Å². The van der Waals surface area contributed by atoms with Crippen molar-refractivity contribution in [2.24, 2.45) is 0 Å². The highest BCUT2D eigenvalue weighted by Gasteiger charge is 2.48. The first kappa shape index (κ1) is 25.6. The number of nitrogens with one attached hydrogen (secondary N) is 1. The monoisotopic (exact) mass is 556 g/mol. The minimum absolute atomic E-state index is 0.228. The van der Waals surface area contributed by atoms with Crippen LogP contribution in [0.5, 0.6) is 0 Å². The predicted molar refractivity (Wildman–Crippen MR) is 135 cm³/mol. The fourth-order valence-electron chi connectivity index (χ4n) is 3.78. The maximum atomic E-state index is 12.9. The summed E-state index contributed by atoms with van der Waals surface area (Å²) < 4.78 is 18.5. The second-order valence-electron chi connectivity index (χ2n) is 8.69. The molecule has 1 aliphatic rings. The molecule has 0 aliphatic carbocycles. The van der Waals surface area contributed by atoms with Gasteiger partial charge in [-0.15, -0.1) is 0 Å². The number of aromatic nitrogens is 2. The van der Waals surface area contributed by atoms with E-state index in [1.807, 2.05) is 13.8 Å². The van der Waals surface area contributed by atoms with Gasteiger partial charge in [0.2, 0.25) is 0 Å². The Morgan fingerprint density at radius 2 is 1.50 bits per heavy atom. The van der Waals surface area contributed by atoms with E-state index in [-0.39, 0.29) is 6.61 Å². The number of halogens is 1. The first-order valence-electron chi connectivity index (χ1n) is 11.3. The number of aryl methyl sites for hydroxylation is 3. The van der Waals surface area contributed by atoms with Crippen molar-refractivity contribution < 1.29 is 23.8 Å². The van der Waals surface area contributed by atoms with E-state index in [1.54, 1.807) is 55.5 Å². The molecule has 0 unspecified atom stereocenters. The van der Waals surface area contributed by atoms with Crippen LogP contribution in [-0.4, -0.2) is 45.1 Å². The first-order chi connectivity index (χ1) is 17.1. The molecule has 4 rings (SSSR count). The highest BCUT2D eigenvalue weighted by molar-refractivity contribution is 9.09. The van der Waals surface area contributed by atoms with Crippen molar-refractivity contribution in [2.45, 2.75) is 44.0 Å². The number of ether oxygens (including phenoxy) is 3. The number of hydrogen-bond acceptors (Lipinski definition) is 7. The highest BCUT2D eigenvalue weighted by atomic mass is 79.9. The summed E-state index contributed by atoms with van der Waals surface area (Å²) in [5.41, 5.74) is 1.82. The Kier molecular flexibility index (Phi) is 7.56. The third kappa shape index (κ3) is 5.50. The van der Waals surface area contributed by atoms with Crippen molar-refractivity contribution in [1.82, 2.24) is 9.55 Å². The minimum Gasteiger partial charge on any atom is -0.459 e. The number of aromatic amines is 1. The average Bonchev–Trinajstić information content (AvgIpc) is 3.15. The highest BCUT2D eigenvalue weighted by Crippen LogP contribution is 2.36. The lowest BCUT2D eigenvalue weighted by atomic mass is 10.1. The number of carbonyl (C=O) groups excluding carboxylic acids is 2. The molecule has 1 aromatic heterocycles. The summed E-state index contributed by atoms with van der Waals surface area (Å²) in [4.78, 5) is 51.3. The molecule has 2 heterocycles. The van der Waals surface area contributed by atoms with Gasteiger partial charge in [-0.1, -0.05) is 51.3 Å². The van der Waals surface area contributed by atoms with Crippen molar-refractivity contribution in [1.29, 1.82) is 0 Å². The summed E-state index contributed by atoms with van der Waals surface area (Å²) in [6, 6.07) is 13.8. The average molecular weight is 557 g/mol. The van der Waals surface area contributed by atoms with Gasteiger partial charge in [-0.05, 0) is 45.0 Å².